The molecule has 2 N–H and O–H groups in total. The lowest BCUT2D eigenvalue weighted by Crippen LogP contribution is -2.51. The molecule has 13 nitrogen and oxygen atoms in total. The van der Waals surface area contributed by atoms with E-state index in [1.807, 2.05) is 4.90 Å². The van der Waals surface area contributed by atoms with Gasteiger partial charge in [-0.2, -0.15) is 0 Å². The molecule has 3 amide bonds. The van der Waals surface area contributed by atoms with E-state index in [1.54, 1.807) is 0 Å². The van der Waals surface area contributed by atoms with Gasteiger partial charge in [-0.1, -0.05) is 89.9 Å². The van der Waals surface area contributed by atoms with Crippen LogP contribution in [0.2, 0.25) is 0 Å². The van der Waals surface area contributed by atoms with E-state index in [0.717, 1.165) is 32.0 Å². The maximum absolute atomic E-state index is 12.7. The van der Waals surface area contributed by atoms with E-state index in [4.69, 9.17) is 18.9 Å². The van der Waals surface area contributed by atoms with Crippen LogP contribution in [-0.4, -0.2) is 138 Å². The third-order valence-corrected chi connectivity index (χ3v) is 8.97. The lowest BCUT2D eigenvalue weighted by atomic mass is 10.0. The van der Waals surface area contributed by atoms with Crippen molar-refractivity contribution in [1.29, 1.82) is 0 Å². The van der Waals surface area contributed by atoms with Crippen LogP contribution < -0.4 is 10.6 Å². The van der Waals surface area contributed by atoms with E-state index in [9.17, 15) is 24.0 Å². The van der Waals surface area contributed by atoms with Gasteiger partial charge in [0, 0.05) is 52.1 Å². The van der Waals surface area contributed by atoms with Crippen LogP contribution in [0.25, 0.3) is 0 Å². The zero-order valence-corrected chi connectivity index (χ0v) is 32.5. The van der Waals surface area contributed by atoms with Crippen LogP contribution in [0, 0.1) is 0 Å². The number of hydrogen-bond donors (Lipinski definition) is 2. The smallest absolute Gasteiger partial charge is 0.246 e. The van der Waals surface area contributed by atoms with Gasteiger partial charge in [-0.3, -0.25) is 24.1 Å². The molecule has 1 heterocycles. The molecule has 0 aromatic heterocycles. The number of aldehydes is 1. The summed E-state index contributed by atoms with van der Waals surface area (Å²) in [4.78, 5) is 61.9. The van der Waals surface area contributed by atoms with Crippen LogP contribution >= 0.6 is 0 Å². The van der Waals surface area contributed by atoms with Crippen molar-refractivity contribution in [2.24, 2.45) is 0 Å². The fourth-order valence-corrected chi connectivity index (χ4v) is 5.95. The summed E-state index contributed by atoms with van der Waals surface area (Å²) >= 11 is 0. The topological polar surface area (TPSA) is 153 Å². The minimum atomic E-state index is -0.245. The first-order valence-electron chi connectivity index (χ1n) is 20.2. The molecule has 0 atom stereocenters. The first-order valence-corrected chi connectivity index (χ1v) is 20.2. The molecule has 1 fully saturated rings. The normalized spacial score (nSPS) is 13.3. The van der Waals surface area contributed by atoms with Crippen LogP contribution in [0.1, 0.15) is 122 Å². The second kappa shape index (κ2) is 35.6. The number of unbranched alkanes of at least 4 members (excludes halogenated alkanes) is 16. The third kappa shape index (κ3) is 31.1. The van der Waals surface area contributed by atoms with Crippen molar-refractivity contribution in [3.63, 3.8) is 0 Å². The van der Waals surface area contributed by atoms with Crippen molar-refractivity contribution in [1.82, 2.24) is 20.4 Å². The molecule has 0 aliphatic carbocycles. The largest absolute Gasteiger partial charge is 0.377 e. The number of nitrogens with one attached hydrogen (secondary N) is 2. The highest BCUT2D eigenvalue weighted by Gasteiger charge is 2.22. The summed E-state index contributed by atoms with van der Waals surface area (Å²) in [6.07, 6.45) is 22.5. The first kappa shape index (κ1) is 47.6. The van der Waals surface area contributed by atoms with Crippen LogP contribution in [0.3, 0.4) is 0 Å². The van der Waals surface area contributed by atoms with Gasteiger partial charge in [0.1, 0.15) is 19.5 Å². The number of ketones is 1. The molecule has 0 spiro atoms. The number of amides is 3. The standard InChI is InChI=1S/C39H72N4O9/c1-36(45)34-51-31-29-50-28-21-41-38(47)35-52-32-30-49-27-20-40-37(46)33-42-22-24-43(25-23-42)39(48)19-17-15-13-11-9-7-5-3-2-4-6-8-10-12-14-16-18-26-44/h26H,2-25,27-35H2,1H3,(H,40,46)(H,41,47). The summed E-state index contributed by atoms with van der Waals surface area (Å²) < 4.78 is 21.1. The van der Waals surface area contributed by atoms with Crippen molar-refractivity contribution in [2.75, 3.05) is 98.7 Å². The molecule has 0 unspecified atom stereocenters. The summed E-state index contributed by atoms with van der Waals surface area (Å²) in [5.41, 5.74) is 0. The maximum Gasteiger partial charge on any atom is 0.246 e. The number of ether oxygens (including phenoxy) is 4. The predicted octanol–water partition coefficient (Wildman–Crippen LogP) is 4.24. The molecular formula is C39H72N4O9. The molecule has 13 heteroatoms. The van der Waals surface area contributed by atoms with Gasteiger partial charge in [-0.15, -0.1) is 0 Å². The number of nitrogens with zero attached hydrogens (tertiary/aromatic N) is 2. The predicted molar refractivity (Wildman–Crippen MR) is 202 cm³/mol. The molecule has 52 heavy (non-hydrogen) atoms. The molecule has 0 radical (unpaired) electrons. The van der Waals surface area contributed by atoms with Crippen molar-refractivity contribution in [3.8, 4) is 0 Å². The Hall–Kier alpha value is -2.45. The Morgan fingerprint density at radius 3 is 1.48 bits per heavy atom. The van der Waals surface area contributed by atoms with Gasteiger partial charge >= 0.3 is 0 Å². The van der Waals surface area contributed by atoms with Gasteiger partial charge in [-0.25, -0.2) is 0 Å². The van der Waals surface area contributed by atoms with Crippen molar-refractivity contribution in [3.05, 3.63) is 0 Å². The second-order valence-corrected chi connectivity index (χ2v) is 13.8. The Bertz CT molecular complexity index is 916. The maximum atomic E-state index is 12.7. The number of carbonyl (C=O) groups is 5. The Morgan fingerprint density at radius 2 is 0.981 bits per heavy atom. The summed E-state index contributed by atoms with van der Waals surface area (Å²) in [7, 11) is 0. The van der Waals surface area contributed by atoms with E-state index < -0.39 is 0 Å². The Kier molecular flexibility index (Phi) is 32.5. The molecule has 1 aliphatic rings. The lowest BCUT2D eigenvalue weighted by Gasteiger charge is -2.34. The average molecular weight is 741 g/mol. The zero-order valence-electron chi connectivity index (χ0n) is 32.5. The average Bonchev–Trinajstić information content (AvgIpc) is 3.13. The number of carbonyl (C=O) groups excluding carboxylic acids is 5. The highest BCUT2D eigenvalue weighted by atomic mass is 16.5. The fourth-order valence-electron chi connectivity index (χ4n) is 5.95. The monoisotopic (exact) mass is 741 g/mol. The summed E-state index contributed by atoms with van der Waals surface area (Å²) in [6, 6.07) is 0. The number of hydrogen-bond acceptors (Lipinski definition) is 10. The molecule has 0 saturated carbocycles. The van der Waals surface area contributed by atoms with Crippen molar-refractivity contribution < 1.29 is 42.9 Å². The molecule has 1 aliphatic heterocycles. The molecule has 0 aromatic rings. The van der Waals surface area contributed by atoms with E-state index >= 15 is 0 Å². The highest BCUT2D eigenvalue weighted by molar-refractivity contribution is 5.78. The van der Waals surface area contributed by atoms with Crippen molar-refractivity contribution in [2.45, 2.75) is 122 Å². The SMILES string of the molecule is CC(=O)COCCOCCNC(=O)COCCOCCNC(=O)CN1CCN(C(=O)CCCCCCCCCCCCCCCCCCC=O)CC1. The molecule has 1 rings (SSSR count). The summed E-state index contributed by atoms with van der Waals surface area (Å²) in [5, 5.41) is 5.55. The molecule has 0 bridgehead atoms. The van der Waals surface area contributed by atoms with Crippen molar-refractivity contribution >= 4 is 29.8 Å². The lowest BCUT2D eigenvalue weighted by molar-refractivity contribution is -0.133. The Morgan fingerprint density at radius 1 is 0.538 bits per heavy atom. The van der Waals surface area contributed by atoms with Gasteiger partial charge in [0.05, 0.1) is 46.2 Å². The zero-order chi connectivity index (χ0) is 37.7. The highest BCUT2D eigenvalue weighted by Crippen LogP contribution is 2.15. The van der Waals surface area contributed by atoms with E-state index in [-0.39, 0.29) is 43.3 Å². The first-order chi connectivity index (χ1) is 25.4. The van der Waals surface area contributed by atoms with Gasteiger partial charge in [0.25, 0.3) is 0 Å². The van der Waals surface area contributed by atoms with Crippen LogP contribution in [0.5, 0.6) is 0 Å². The van der Waals surface area contributed by atoms with Gasteiger partial charge < -0.3 is 39.3 Å². The quantitative estimate of drug-likeness (QED) is 0.0699. The fraction of sp³-hybridized carbons (Fsp3) is 0.872. The molecule has 0 aromatic carbocycles. The van der Waals surface area contributed by atoms with Gasteiger partial charge in [0.2, 0.25) is 17.7 Å². The second-order valence-electron chi connectivity index (χ2n) is 13.8. The van der Waals surface area contributed by atoms with Crippen LogP contribution in [-0.2, 0) is 42.9 Å². The van der Waals surface area contributed by atoms with E-state index in [0.29, 0.717) is 85.3 Å². The minimum absolute atomic E-state index is 0.0342. The van der Waals surface area contributed by atoms with E-state index in [2.05, 4.69) is 15.5 Å². The Balaban J connectivity index is 1.86. The molecular weight excluding hydrogens is 668 g/mol. The van der Waals surface area contributed by atoms with Gasteiger partial charge in [0.15, 0.2) is 5.78 Å². The van der Waals surface area contributed by atoms with E-state index in [1.165, 1.54) is 90.4 Å². The third-order valence-electron chi connectivity index (χ3n) is 8.97. The van der Waals surface area contributed by atoms with Crippen LogP contribution in [0.15, 0.2) is 0 Å². The number of Topliss-reactive ketones (excluding diaryl/α,β-unsaturated/α-hetero) is 1. The molecule has 302 valence electrons. The summed E-state index contributed by atoms with van der Waals surface area (Å²) in [6.45, 7) is 7.23. The molecule has 1 saturated heterocycles. The Labute approximate surface area is 313 Å². The number of rotatable bonds is 37. The van der Waals surface area contributed by atoms with Gasteiger partial charge in [-0.05, 0) is 19.8 Å². The summed E-state index contributed by atoms with van der Waals surface area (Å²) in [5.74, 6) is -0.105. The minimum Gasteiger partial charge on any atom is -0.377 e. The van der Waals surface area contributed by atoms with Crippen LogP contribution in [0.4, 0.5) is 0 Å². The number of piperazine rings is 1.